The summed E-state index contributed by atoms with van der Waals surface area (Å²) in [5.74, 6) is 1.09. The number of carbonyl (C=O) groups excluding carboxylic acids is 1. The molecule has 0 N–H and O–H groups in total. The molecule has 0 amide bonds. The highest BCUT2D eigenvalue weighted by molar-refractivity contribution is 6.14. The first-order chi connectivity index (χ1) is 12.2. The van der Waals surface area contributed by atoms with Crippen LogP contribution in [0.5, 0.6) is 11.5 Å². The Hall–Kier alpha value is -2.29. The zero-order valence-electron chi connectivity index (χ0n) is 17.0. The molecule has 26 heavy (non-hydrogen) atoms. The molecule has 0 aliphatic carbocycles. The average molecular weight is 354 g/mol. The van der Waals surface area contributed by atoms with Crippen molar-refractivity contribution in [1.29, 1.82) is 0 Å². The van der Waals surface area contributed by atoms with Gasteiger partial charge in [0.15, 0.2) is 0 Å². The van der Waals surface area contributed by atoms with Crippen LogP contribution < -0.4 is 9.47 Å². The lowest BCUT2D eigenvalue weighted by Gasteiger charge is -2.22. The van der Waals surface area contributed by atoms with Gasteiger partial charge in [-0.3, -0.25) is 4.79 Å². The van der Waals surface area contributed by atoms with Gasteiger partial charge in [0.05, 0.1) is 13.2 Å². The van der Waals surface area contributed by atoms with E-state index in [9.17, 15) is 4.79 Å². The minimum Gasteiger partial charge on any atom is -0.493 e. The van der Waals surface area contributed by atoms with Gasteiger partial charge in [0, 0.05) is 5.56 Å². The predicted octanol–water partition coefficient (Wildman–Crippen LogP) is 5.63. The molecule has 2 aromatic rings. The van der Waals surface area contributed by atoms with Crippen molar-refractivity contribution in [1.82, 2.24) is 0 Å². The number of ketones is 1. The summed E-state index contributed by atoms with van der Waals surface area (Å²) in [6, 6.07) is 9.74. The molecule has 0 saturated heterocycles. The number of rotatable bonds is 6. The molecule has 0 saturated carbocycles. The molecule has 3 nitrogen and oxygen atoms in total. The van der Waals surface area contributed by atoms with Crippen LogP contribution in [0.3, 0.4) is 0 Å². The van der Waals surface area contributed by atoms with Crippen molar-refractivity contribution < 1.29 is 14.3 Å². The number of aryl methyl sites for hydroxylation is 2. The van der Waals surface area contributed by atoms with E-state index in [4.69, 9.17) is 9.47 Å². The van der Waals surface area contributed by atoms with E-state index in [0.717, 1.165) is 16.7 Å². The van der Waals surface area contributed by atoms with Crippen LogP contribution in [-0.4, -0.2) is 19.0 Å². The lowest BCUT2D eigenvalue weighted by atomic mass is 9.82. The van der Waals surface area contributed by atoms with Crippen LogP contribution in [0.15, 0.2) is 30.3 Å². The van der Waals surface area contributed by atoms with Gasteiger partial charge in [0.1, 0.15) is 17.1 Å². The van der Waals surface area contributed by atoms with Gasteiger partial charge in [-0.2, -0.15) is 0 Å². The number of hydrogen-bond acceptors (Lipinski definition) is 3. The fourth-order valence-electron chi connectivity index (χ4n) is 3.17. The first kappa shape index (κ1) is 20.0. The Kier molecular flexibility index (Phi) is 6.12. The third-order valence-corrected chi connectivity index (χ3v) is 4.44. The average Bonchev–Trinajstić information content (AvgIpc) is 2.54. The highest BCUT2D eigenvalue weighted by Crippen LogP contribution is 2.34. The molecular weight excluding hydrogens is 324 g/mol. The van der Waals surface area contributed by atoms with Crippen LogP contribution >= 0.6 is 0 Å². The summed E-state index contributed by atoms with van der Waals surface area (Å²) in [5.41, 5.74) is 4.46. The van der Waals surface area contributed by atoms with Crippen LogP contribution in [0, 0.1) is 13.8 Å². The third kappa shape index (κ3) is 4.09. The van der Waals surface area contributed by atoms with E-state index in [1.807, 2.05) is 45.9 Å². The SMILES string of the molecule is CCOc1cccc(OCC)c1C(=O)c1c(C)cc(C(C)(C)C)cc1C. The summed E-state index contributed by atoms with van der Waals surface area (Å²) in [5, 5.41) is 0. The standard InChI is InChI=1S/C23H30O3/c1-8-25-18-11-10-12-19(26-9-2)21(18)22(24)20-15(3)13-17(14-16(20)4)23(5,6)7/h10-14H,8-9H2,1-7H3. The van der Waals surface area contributed by atoms with Crippen LogP contribution in [-0.2, 0) is 5.41 Å². The Morgan fingerprint density at radius 1 is 0.885 bits per heavy atom. The van der Waals surface area contributed by atoms with Gasteiger partial charge in [-0.25, -0.2) is 0 Å². The summed E-state index contributed by atoms with van der Waals surface area (Å²) >= 11 is 0. The maximum absolute atomic E-state index is 13.5. The molecule has 0 atom stereocenters. The lowest BCUT2D eigenvalue weighted by Crippen LogP contribution is -2.15. The van der Waals surface area contributed by atoms with Gasteiger partial charge < -0.3 is 9.47 Å². The summed E-state index contributed by atoms with van der Waals surface area (Å²) in [6.45, 7) is 15.4. The minimum atomic E-state index is -0.0482. The zero-order chi connectivity index (χ0) is 19.5. The molecule has 0 bridgehead atoms. The molecule has 0 aliphatic rings. The van der Waals surface area contributed by atoms with E-state index in [2.05, 4.69) is 32.9 Å². The van der Waals surface area contributed by atoms with E-state index >= 15 is 0 Å². The number of hydrogen-bond donors (Lipinski definition) is 0. The monoisotopic (exact) mass is 354 g/mol. The fraction of sp³-hybridized carbons (Fsp3) is 0.435. The van der Waals surface area contributed by atoms with E-state index in [0.29, 0.717) is 30.3 Å². The predicted molar refractivity (Wildman–Crippen MR) is 107 cm³/mol. The van der Waals surface area contributed by atoms with Crippen LogP contribution in [0.2, 0.25) is 0 Å². The molecule has 140 valence electrons. The molecule has 0 radical (unpaired) electrons. The van der Waals surface area contributed by atoms with Crippen LogP contribution in [0.1, 0.15) is 67.2 Å². The van der Waals surface area contributed by atoms with Gasteiger partial charge >= 0.3 is 0 Å². The quantitative estimate of drug-likeness (QED) is 0.631. The first-order valence-corrected chi connectivity index (χ1v) is 9.25. The van der Waals surface area contributed by atoms with Crippen molar-refractivity contribution in [2.75, 3.05) is 13.2 Å². The summed E-state index contributed by atoms with van der Waals surface area (Å²) in [7, 11) is 0. The van der Waals surface area contributed by atoms with E-state index in [1.54, 1.807) is 0 Å². The Labute approximate surface area is 157 Å². The van der Waals surface area contributed by atoms with E-state index in [-0.39, 0.29) is 11.2 Å². The second-order valence-electron chi connectivity index (χ2n) is 7.56. The van der Waals surface area contributed by atoms with Crippen molar-refractivity contribution in [2.45, 2.75) is 53.9 Å². The van der Waals surface area contributed by atoms with Gasteiger partial charge in [-0.1, -0.05) is 39.0 Å². The maximum atomic E-state index is 13.5. The number of benzene rings is 2. The van der Waals surface area contributed by atoms with Crippen molar-refractivity contribution in [3.8, 4) is 11.5 Å². The Bertz CT molecular complexity index is 750. The molecule has 0 fully saturated rings. The Morgan fingerprint density at radius 2 is 1.35 bits per heavy atom. The van der Waals surface area contributed by atoms with Crippen LogP contribution in [0.4, 0.5) is 0 Å². The minimum absolute atomic E-state index is 0.0385. The number of ether oxygens (including phenoxy) is 2. The molecule has 0 aliphatic heterocycles. The molecular formula is C23H30O3. The van der Waals surface area contributed by atoms with Gasteiger partial charge in [-0.15, -0.1) is 0 Å². The summed E-state index contributed by atoms with van der Waals surface area (Å²) in [6.07, 6.45) is 0. The molecule has 0 aromatic heterocycles. The largest absolute Gasteiger partial charge is 0.493 e. The van der Waals surface area contributed by atoms with E-state index in [1.165, 1.54) is 5.56 Å². The second-order valence-corrected chi connectivity index (χ2v) is 7.56. The molecule has 0 heterocycles. The molecule has 0 unspecified atom stereocenters. The first-order valence-electron chi connectivity index (χ1n) is 9.25. The topological polar surface area (TPSA) is 35.5 Å². The molecule has 0 spiro atoms. The van der Waals surface area contributed by atoms with Gasteiger partial charge in [0.25, 0.3) is 0 Å². The maximum Gasteiger partial charge on any atom is 0.201 e. The highest BCUT2D eigenvalue weighted by atomic mass is 16.5. The van der Waals surface area contributed by atoms with Crippen molar-refractivity contribution in [3.05, 3.63) is 58.1 Å². The zero-order valence-corrected chi connectivity index (χ0v) is 17.0. The van der Waals surface area contributed by atoms with Crippen LogP contribution in [0.25, 0.3) is 0 Å². The summed E-state index contributed by atoms with van der Waals surface area (Å²) < 4.78 is 11.4. The molecule has 2 rings (SSSR count). The fourth-order valence-corrected chi connectivity index (χ4v) is 3.17. The van der Waals surface area contributed by atoms with Crippen molar-refractivity contribution >= 4 is 5.78 Å². The van der Waals surface area contributed by atoms with Gasteiger partial charge in [-0.05, 0) is 61.9 Å². The second kappa shape index (κ2) is 7.94. The van der Waals surface area contributed by atoms with E-state index < -0.39 is 0 Å². The van der Waals surface area contributed by atoms with Gasteiger partial charge in [0.2, 0.25) is 5.78 Å². The Morgan fingerprint density at radius 3 is 1.73 bits per heavy atom. The molecule has 2 aromatic carbocycles. The van der Waals surface area contributed by atoms with Crippen molar-refractivity contribution in [2.24, 2.45) is 0 Å². The summed E-state index contributed by atoms with van der Waals surface area (Å²) in [4.78, 5) is 13.5. The lowest BCUT2D eigenvalue weighted by molar-refractivity contribution is 0.103. The number of carbonyl (C=O) groups is 1. The molecule has 3 heteroatoms. The van der Waals surface area contributed by atoms with Crippen molar-refractivity contribution in [3.63, 3.8) is 0 Å². The Balaban J connectivity index is 2.63. The smallest absolute Gasteiger partial charge is 0.201 e. The highest BCUT2D eigenvalue weighted by Gasteiger charge is 2.25. The third-order valence-electron chi connectivity index (χ3n) is 4.44. The normalized spacial score (nSPS) is 11.3.